The lowest BCUT2D eigenvalue weighted by molar-refractivity contribution is -0.340. The van der Waals surface area contributed by atoms with Crippen molar-refractivity contribution in [2.24, 2.45) is 102 Å². The zero-order chi connectivity index (χ0) is 99.0. The van der Waals surface area contributed by atoms with E-state index in [0.29, 0.717) is 57.8 Å². The van der Waals surface area contributed by atoms with Gasteiger partial charge in [0.15, 0.2) is 37.7 Å². The fourth-order valence-electron chi connectivity index (χ4n) is 28.7. The Morgan fingerprint density at radius 3 is 1.04 bits per heavy atom. The van der Waals surface area contributed by atoms with E-state index >= 15 is 0 Å². The highest BCUT2D eigenvalue weighted by molar-refractivity contribution is 5.34. The van der Waals surface area contributed by atoms with E-state index in [1.54, 1.807) is 41.5 Å². The quantitative estimate of drug-likeness (QED) is 0.0473. The first-order valence-electron chi connectivity index (χ1n) is 49.7. The Balaban J connectivity index is 0.000000227. The van der Waals surface area contributed by atoms with Crippen LogP contribution < -0.4 is 0 Å². The average molecular weight is 1920 g/mol. The minimum absolute atomic E-state index is 0.0345. The molecule has 0 spiro atoms. The van der Waals surface area contributed by atoms with Crippen LogP contribution in [-0.2, 0) is 56.8 Å². The van der Waals surface area contributed by atoms with Crippen LogP contribution in [-0.4, -0.2) is 382 Å². The summed E-state index contributed by atoms with van der Waals surface area (Å²) in [5.41, 5.74) is -3.01. The van der Waals surface area contributed by atoms with Gasteiger partial charge in [-0.15, -0.1) is 0 Å². The molecule has 6 unspecified atom stereocenters. The van der Waals surface area contributed by atoms with Crippen molar-refractivity contribution in [3.63, 3.8) is 0 Å². The highest BCUT2D eigenvalue weighted by atomic mass is 16.8. The van der Waals surface area contributed by atoms with Crippen molar-refractivity contribution < 1.29 is 179 Å². The molecule has 6 aliphatic heterocycles. The molecule has 36 nitrogen and oxygen atoms in total. The van der Waals surface area contributed by atoms with Crippen LogP contribution in [0.3, 0.4) is 0 Å². The number of rotatable bonds is 28. The highest BCUT2D eigenvalue weighted by Crippen LogP contribution is 2.77. The first-order valence-corrected chi connectivity index (χ1v) is 49.7. The summed E-state index contributed by atoms with van der Waals surface area (Å²) >= 11 is 0. The first-order chi connectivity index (χ1) is 62.4. The van der Waals surface area contributed by atoms with Gasteiger partial charge in [0.1, 0.15) is 116 Å². The average Bonchev–Trinajstić information content (AvgIpc) is 1.43. The normalized spacial score (nSPS) is 51.0. The number of allylic oxidation sites excluding steroid dienone is 2. The summed E-state index contributed by atoms with van der Waals surface area (Å²) in [5, 5.41) is 258. The van der Waals surface area contributed by atoms with Crippen LogP contribution in [0.4, 0.5) is 0 Å². The van der Waals surface area contributed by atoms with Crippen molar-refractivity contribution in [1.82, 2.24) is 0 Å². The van der Waals surface area contributed by atoms with E-state index in [9.17, 15) is 123 Å². The van der Waals surface area contributed by atoms with Crippen molar-refractivity contribution in [3.8, 4) is 0 Å². The minimum atomic E-state index is -1.70. The first kappa shape index (κ1) is 109. The Morgan fingerprint density at radius 2 is 0.664 bits per heavy atom. The van der Waals surface area contributed by atoms with Gasteiger partial charge in [-0.3, -0.25) is 0 Å². The number of hydrogen-bond donors (Lipinski definition) is 24. The maximum absolute atomic E-state index is 12.6. The molecule has 0 aromatic carbocycles. The second-order valence-corrected chi connectivity index (χ2v) is 46.9. The van der Waals surface area contributed by atoms with E-state index in [-0.39, 0.29) is 75.6 Å². The fourth-order valence-corrected chi connectivity index (χ4v) is 28.7. The summed E-state index contributed by atoms with van der Waals surface area (Å²) < 4.78 is 71.5. The molecule has 776 valence electrons. The zero-order valence-corrected chi connectivity index (χ0v) is 81.7. The molecule has 36 heteroatoms. The van der Waals surface area contributed by atoms with Gasteiger partial charge in [-0.25, -0.2) is 0 Å². The van der Waals surface area contributed by atoms with Gasteiger partial charge in [-0.2, -0.15) is 0 Å². The summed E-state index contributed by atoms with van der Waals surface area (Å²) in [5.74, 6) is 0.0727. The Kier molecular flexibility index (Phi) is 33.6. The third kappa shape index (κ3) is 19.4. The predicted molar refractivity (Wildman–Crippen MR) is 476 cm³/mol. The van der Waals surface area contributed by atoms with Crippen LogP contribution in [0.1, 0.15) is 227 Å². The number of ether oxygens (including phenoxy) is 12. The molecule has 0 radical (unpaired) electrons. The monoisotopic (exact) mass is 1920 g/mol. The van der Waals surface area contributed by atoms with E-state index in [4.69, 9.17) is 56.8 Å². The minimum Gasteiger partial charge on any atom is -0.394 e. The molecule has 14 rings (SSSR count). The van der Waals surface area contributed by atoms with Gasteiger partial charge in [-0.1, -0.05) is 120 Å². The van der Waals surface area contributed by atoms with E-state index in [2.05, 4.69) is 95.2 Å². The third-order valence-electron chi connectivity index (χ3n) is 38.1. The fraction of sp³-hybridized carbons (Fsp3) is 0.959. The maximum Gasteiger partial charge on any atom is 0.187 e. The van der Waals surface area contributed by atoms with Crippen molar-refractivity contribution >= 4 is 0 Å². The molecular weight excluding hydrogens is 1750 g/mol. The molecule has 6 heterocycles. The van der Waals surface area contributed by atoms with Gasteiger partial charge in [0, 0.05) is 33.5 Å². The van der Waals surface area contributed by atoms with Crippen LogP contribution in [0.2, 0.25) is 0 Å². The largest absolute Gasteiger partial charge is 0.394 e. The third-order valence-corrected chi connectivity index (χ3v) is 38.1. The van der Waals surface area contributed by atoms with E-state index in [1.807, 2.05) is 0 Å². The molecule has 0 aromatic rings. The van der Waals surface area contributed by atoms with Crippen molar-refractivity contribution in [2.45, 2.75) is 447 Å². The second kappa shape index (κ2) is 41.2. The molecular formula is C98H168O36. The second-order valence-electron chi connectivity index (χ2n) is 46.9. The molecule has 8 aliphatic carbocycles. The predicted octanol–water partition coefficient (Wildman–Crippen LogP) is 0.438. The Morgan fingerprint density at radius 1 is 0.351 bits per heavy atom. The van der Waals surface area contributed by atoms with Gasteiger partial charge in [0.2, 0.25) is 0 Å². The summed E-state index contributed by atoms with van der Waals surface area (Å²) in [4.78, 5) is 0. The number of aliphatic hydroxyl groups is 24. The summed E-state index contributed by atoms with van der Waals surface area (Å²) in [6.07, 6.45) is -26.4. The maximum atomic E-state index is 12.6. The highest BCUT2D eigenvalue weighted by Gasteiger charge is 2.73. The number of aliphatic hydroxyl groups excluding tert-OH is 22. The van der Waals surface area contributed by atoms with Crippen LogP contribution >= 0.6 is 0 Å². The zero-order valence-electron chi connectivity index (χ0n) is 81.7. The smallest absolute Gasteiger partial charge is 0.187 e. The molecule has 0 bridgehead atoms. The van der Waals surface area contributed by atoms with E-state index in [1.165, 1.54) is 11.1 Å². The lowest BCUT2D eigenvalue weighted by atomic mass is 9.38. The van der Waals surface area contributed by atoms with Crippen LogP contribution in [0.15, 0.2) is 23.3 Å². The molecule has 134 heavy (non-hydrogen) atoms. The summed E-state index contributed by atoms with van der Waals surface area (Å²) in [6.45, 7) is 33.8. The molecule has 6 saturated heterocycles. The van der Waals surface area contributed by atoms with Crippen molar-refractivity contribution in [2.75, 3.05) is 39.6 Å². The Bertz CT molecular complexity index is 3900. The van der Waals surface area contributed by atoms with Crippen LogP contribution in [0, 0.1) is 102 Å². The number of fused-ring (bicyclic) bond motifs is 10. The van der Waals surface area contributed by atoms with E-state index < -0.39 is 286 Å². The van der Waals surface area contributed by atoms with Crippen molar-refractivity contribution in [3.05, 3.63) is 23.3 Å². The van der Waals surface area contributed by atoms with Gasteiger partial charge < -0.3 is 179 Å². The Hall–Kier alpha value is -1.96. The number of hydrogen-bond acceptors (Lipinski definition) is 36. The van der Waals surface area contributed by atoms with Crippen LogP contribution in [0.5, 0.6) is 0 Å². The standard InChI is InChI=1S/2C49H84O18/c1-22(10-14-33(46(5,6)61)67-44-41(60)39(58)37(56)29(65-44)21-62-42-35(54)23(2)34(53)27(19-50)63-42)24-16-17-47(7)30-13-11-25-26(49(30,9)31(52)18-48(24,47)8)12-15-32(45(25,3)4)66-43-40(59)38(57)36(55)28(20-51)64-43;1-22(10-14-33(46(5,6)61)67-43-39(58)34(53)23(2)27(19-50)63-43)24-16-17-47(7)30-13-11-25-26(49(30,9)31(52)18-48(24,47)8)12-15-32(45(25,3)4)66-44-41(60)38(57)36(55)29(65-44)21-62-42-40(59)37(56)35(54)28(20-51)64-42/h2*11,22-24,26-44,50-61H,10,12-21H2,1-9H3/t22-,23+,24?,26?,27-,28-,29-,30?,31-,32+,33-,34+,35-,36-,37-,38+,39+,40-,41-,42-,43+,44+,47+,48-,49+;22-,23-,24?,26?,27-,28-,29-,30?,31-,32+,33-,34+,35-,36-,37+,38+,39-,40-,41-,42-,43+,44+,47+,48-,49+/m11/s1. The molecule has 6 saturated carbocycles. The molecule has 0 amide bonds. The SMILES string of the molecule is C[C@@H]1[C@@H](O)[C@H](OC[C@H]2O[C@@H](O[C@H](CC[C@@H](C)C3CC[C@@]4(C)C5CC=C6C(CC[C@H](O[C@@H]7O[C@H](CO)[C@@H](O)[C@H](O)[C@H]7O)C6(C)C)[C@]5(C)[C@H](O)C[C@]34C)C(C)(C)O)[C@H](O)[C@@H](O)[C@@H]2O)O[C@H](CO)[C@H]1O.C[C@H]1[C@H](O)[C@@H](O)[C@H](O[C@H](CC[C@@H](C)C2CC[C@@]3(C)C4CC=C5C(CC[C@H](O[C@@H]6O[C@H](CO[C@@H]7O[C@H](CO)[C@@H](O)[C@H](O)[C@H]7O)[C@@H](O)[C@H](O)[C@H]6O)C5(C)C)[C@]4(C)[C@H](O)C[C@]23C)C(C)(C)O)O[C@@H]1CO. The van der Waals surface area contributed by atoms with E-state index in [0.717, 1.165) is 44.9 Å². The molecule has 12 fully saturated rings. The summed E-state index contributed by atoms with van der Waals surface area (Å²) in [7, 11) is 0. The molecule has 50 atom stereocenters. The summed E-state index contributed by atoms with van der Waals surface area (Å²) in [6, 6.07) is 0. The van der Waals surface area contributed by atoms with Crippen molar-refractivity contribution in [1.29, 1.82) is 0 Å². The molecule has 14 aliphatic rings. The topological polar surface area (TPSA) is 596 Å². The van der Waals surface area contributed by atoms with Gasteiger partial charge in [0.25, 0.3) is 0 Å². The molecule has 24 N–H and O–H groups in total. The Labute approximate surface area is 788 Å². The van der Waals surface area contributed by atoms with Gasteiger partial charge in [-0.05, 0) is 199 Å². The van der Waals surface area contributed by atoms with Gasteiger partial charge >= 0.3 is 0 Å². The van der Waals surface area contributed by atoms with Crippen LogP contribution in [0.25, 0.3) is 0 Å². The van der Waals surface area contributed by atoms with Gasteiger partial charge in [0.05, 0.1) is 106 Å². The molecule has 0 aromatic heterocycles. The lowest BCUT2D eigenvalue weighted by Crippen LogP contribution is -2.65. The lowest BCUT2D eigenvalue weighted by Gasteiger charge is -2.67.